The zero-order valence-electron chi connectivity index (χ0n) is 12.7. The fourth-order valence-electron chi connectivity index (χ4n) is 2.26. The average Bonchev–Trinajstić information content (AvgIpc) is 2.60. The Bertz CT molecular complexity index is 879. The van der Waals surface area contributed by atoms with Crippen molar-refractivity contribution >= 4 is 21.4 Å². The predicted molar refractivity (Wildman–Crippen MR) is 86.1 cm³/mol. The molecular formula is C15H14N2O6S. The number of benzene rings is 2. The van der Waals surface area contributed by atoms with Crippen LogP contribution in [0, 0.1) is 10.1 Å². The molecule has 8 nitrogen and oxygen atoms in total. The molecule has 0 aromatic heterocycles. The fraction of sp³-hybridized carbons (Fsp3) is 0.200. The molecule has 0 atom stereocenters. The van der Waals surface area contributed by atoms with Crippen molar-refractivity contribution in [3.8, 4) is 11.5 Å². The molecule has 0 radical (unpaired) electrons. The minimum atomic E-state index is -3.85. The van der Waals surface area contributed by atoms with Gasteiger partial charge in [-0.3, -0.25) is 14.4 Å². The van der Waals surface area contributed by atoms with Gasteiger partial charge in [0.25, 0.3) is 15.7 Å². The SMILES string of the molecule is CN(c1ccc2c(c1)OCCO2)S(=O)(=O)c1ccc([N+](=O)[O-])cc1. The normalized spacial score (nSPS) is 13.4. The number of nitro groups is 1. The topological polar surface area (TPSA) is 99.0 Å². The average molecular weight is 350 g/mol. The molecule has 9 heteroatoms. The standard InChI is InChI=1S/C15H14N2O6S/c1-16(12-4-7-14-15(10-12)23-9-8-22-14)24(20,21)13-5-2-11(3-6-13)17(18)19/h2-7,10H,8-9H2,1H3. The van der Waals surface area contributed by atoms with E-state index in [1.165, 1.54) is 19.2 Å². The van der Waals surface area contributed by atoms with Crippen LogP contribution in [0.2, 0.25) is 0 Å². The maximum atomic E-state index is 12.7. The van der Waals surface area contributed by atoms with E-state index in [9.17, 15) is 18.5 Å². The number of ether oxygens (including phenoxy) is 2. The van der Waals surface area contributed by atoms with Gasteiger partial charge in [-0.15, -0.1) is 0 Å². The molecule has 2 aromatic carbocycles. The molecule has 0 aliphatic carbocycles. The van der Waals surface area contributed by atoms with Crippen LogP contribution < -0.4 is 13.8 Å². The summed E-state index contributed by atoms with van der Waals surface area (Å²) in [5, 5.41) is 10.7. The Morgan fingerprint density at radius 2 is 1.67 bits per heavy atom. The van der Waals surface area contributed by atoms with Crippen molar-refractivity contribution in [1.82, 2.24) is 0 Å². The fourth-order valence-corrected chi connectivity index (χ4v) is 3.45. The lowest BCUT2D eigenvalue weighted by Crippen LogP contribution is -2.26. The van der Waals surface area contributed by atoms with Gasteiger partial charge in [0.1, 0.15) is 13.2 Å². The summed E-state index contributed by atoms with van der Waals surface area (Å²) in [7, 11) is -2.44. The zero-order chi connectivity index (χ0) is 17.3. The van der Waals surface area contributed by atoms with Gasteiger partial charge in [-0.25, -0.2) is 8.42 Å². The molecule has 3 rings (SSSR count). The van der Waals surface area contributed by atoms with Crippen LogP contribution in [0.1, 0.15) is 0 Å². The monoisotopic (exact) mass is 350 g/mol. The van der Waals surface area contributed by atoms with Gasteiger partial charge in [-0.1, -0.05) is 0 Å². The largest absolute Gasteiger partial charge is 0.486 e. The first kappa shape index (κ1) is 16.1. The zero-order valence-corrected chi connectivity index (χ0v) is 13.5. The molecule has 1 aliphatic heterocycles. The number of fused-ring (bicyclic) bond motifs is 1. The van der Waals surface area contributed by atoms with Crippen molar-refractivity contribution in [2.24, 2.45) is 0 Å². The van der Waals surface area contributed by atoms with E-state index in [0.717, 1.165) is 16.4 Å². The molecule has 1 heterocycles. The first-order valence-corrected chi connectivity index (χ1v) is 8.46. The first-order chi connectivity index (χ1) is 11.4. The highest BCUT2D eigenvalue weighted by Crippen LogP contribution is 2.35. The minimum absolute atomic E-state index is 0.0366. The second-order valence-corrected chi connectivity index (χ2v) is 7.02. The molecule has 2 aromatic rings. The van der Waals surface area contributed by atoms with Crippen LogP contribution in [0.5, 0.6) is 11.5 Å². The van der Waals surface area contributed by atoms with E-state index in [0.29, 0.717) is 30.4 Å². The third-order valence-electron chi connectivity index (χ3n) is 3.60. The Hall–Kier alpha value is -2.81. The predicted octanol–water partition coefficient (Wildman–Crippen LogP) is 2.19. The van der Waals surface area contributed by atoms with Gasteiger partial charge >= 0.3 is 0 Å². The van der Waals surface area contributed by atoms with Crippen LogP contribution in [0.3, 0.4) is 0 Å². The maximum absolute atomic E-state index is 12.7. The van der Waals surface area contributed by atoms with Crippen molar-refractivity contribution < 1.29 is 22.8 Å². The number of hydrogen-bond donors (Lipinski definition) is 0. The summed E-state index contributed by atoms with van der Waals surface area (Å²) in [5.41, 5.74) is 0.230. The summed E-state index contributed by atoms with van der Waals surface area (Å²) in [5.74, 6) is 1.04. The smallest absolute Gasteiger partial charge is 0.269 e. The summed E-state index contributed by atoms with van der Waals surface area (Å²) < 4.78 is 37.3. The molecule has 0 amide bonds. The van der Waals surface area contributed by atoms with E-state index < -0.39 is 14.9 Å². The Morgan fingerprint density at radius 3 is 2.29 bits per heavy atom. The highest BCUT2D eigenvalue weighted by atomic mass is 32.2. The summed E-state index contributed by atoms with van der Waals surface area (Å²) in [6.07, 6.45) is 0. The van der Waals surface area contributed by atoms with Crippen LogP contribution in [-0.2, 0) is 10.0 Å². The van der Waals surface area contributed by atoms with Crippen LogP contribution in [0.15, 0.2) is 47.4 Å². The van der Waals surface area contributed by atoms with Gasteiger partial charge in [-0.2, -0.15) is 0 Å². The van der Waals surface area contributed by atoms with Crippen LogP contribution >= 0.6 is 0 Å². The van der Waals surface area contributed by atoms with Gasteiger partial charge in [0, 0.05) is 25.2 Å². The Kier molecular flexibility index (Phi) is 4.02. The number of nitro benzene ring substituents is 1. The Morgan fingerprint density at radius 1 is 1.04 bits per heavy atom. The first-order valence-electron chi connectivity index (χ1n) is 7.02. The van der Waals surface area contributed by atoms with Crippen molar-refractivity contribution in [3.63, 3.8) is 0 Å². The molecular weight excluding hydrogens is 336 g/mol. The van der Waals surface area contributed by atoms with E-state index >= 15 is 0 Å². The second-order valence-electron chi connectivity index (χ2n) is 5.05. The molecule has 0 spiro atoms. The number of hydrogen-bond acceptors (Lipinski definition) is 6. The Labute approximate surface area is 138 Å². The molecule has 0 unspecified atom stereocenters. The number of sulfonamides is 1. The number of nitrogens with zero attached hydrogens (tertiary/aromatic N) is 2. The third kappa shape index (κ3) is 2.85. The summed E-state index contributed by atoms with van der Waals surface area (Å²) in [6.45, 7) is 0.846. The van der Waals surface area contributed by atoms with Crippen molar-refractivity contribution in [2.45, 2.75) is 4.90 Å². The van der Waals surface area contributed by atoms with Crippen molar-refractivity contribution in [3.05, 3.63) is 52.6 Å². The summed E-state index contributed by atoms with van der Waals surface area (Å²) in [6, 6.07) is 9.57. The van der Waals surface area contributed by atoms with Gasteiger partial charge in [0.2, 0.25) is 0 Å². The highest BCUT2D eigenvalue weighted by molar-refractivity contribution is 7.92. The molecule has 0 saturated carbocycles. The summed E-state index contributed by atoms with van der Waals surface area (Å²) in [4.78, 5) is 10.1. The summed E-state index contributed by atoms with van der Waals surface area (Å²) >= 11 is 0. The van der Waals surface area contributed by atoms with Gasteiger partial charge in [0.15, 0.2) is 11.5 Å². The van der Waals surface area contributed by atoms with Crippen LogP contribution in [-0.4, -0.2) is 33.6 Å². The Balaban J connectivity index is 1.92. The van der Waals surface area contributed by atoms with Gasteiger partial charge in [0.05, 0.1) is 15.5 Å². The van der Waals surface area contributed by atoms with Gasteiger partial charge < -0.3 is 9.47 Å². The van der Waals surface area contributed by atoms with Gasteiger partial charge in [-0.05, 0) is 24.3 Å². The van der Waals surface area contributed by atoms with E-state index in [2.05, 4.69) is 0 Å². The third-order valence-corrected chi connectivity index (χ3v) is 5.40. The number of rotatable bonds is 4. The lowest BCUT2D eigenvalue weighted by molar-refractivity contribution is -0.384. The van der Waals surface area contributed by atoms with Crippen molar-refractivity contribution in [2.75, 3.05) is 24.6 Å². The molecule has 0 fully saturated rings. The molecule has 0 N–H and O–H groups in total. The molecule has 126 valence electrons. The molecule has 24 heavy (non-hydrogen) atoms. The second kappa shape index (κ2) is 6.00. The quantitative estimate of drug-likeness (QED) is 0.619. The lowest BCUT2D eigenvalue weighted by Gasteiger charge is -2.23. The van der Waals surface area contributed by atoms with Crippen LogP contribution in [0.4, 0.5) is 11.4 Å². The van der Waals surface area contributed by atoms with Crippen molar-refractivity contribution in [1.29, 1.82) is 0 Å². The maximum Gasteiger partial charge on any atom is 0.269 e. The van der Waals surface area contributed by atoms with E-state index in [1.807, 2.05) is 0 Å². The van der Waals surface area contributed by atoms with E-state index in [4.69, 9.17) is 9.47 Å². The lowest BCUT2D eigenvalue weighted by atomic mass is 10.2. The highest BCUT2D eigenvalue weighted by Gasteiger charge is 2.24. The molecule has 0 saturated heterocycles. The minimum Gasteiger partial charge on any atom is -0.486 e. The molecule has 1 aliphatic rings. The molecule has 0 bridgehead atoms. The number of non-ortho nitro benzene ring substituents is 1. The van der Waals surface area contributed by atoms with Crippen LogP contribution in [0.25, 0.3) is 0 Å². The van der Waals surface area contributed by atoms with E-state index in [-0.39, 0.29) is 10.6 Å². The van der Waals surface area contributed by atoms with E-state index in [1.54, 1.807) is 18.2 Å². The number of anilines is 1.